The van der Waals surface area contributed by atoms with Crippen LogP contribution in [0.4, 0.5) is 0 Å². The molecule has 1 aromatic carbocycles. The molecular weight excluding hydrogens is 240 g/mol. The quantitative estimate of drug-likeness (QED) is 0.774. The maximum atomic E-state index is 4.37. The average molecular weight is 251 g/mol. The van der Waals surface area contributed by atoms with E-state index in [-0.39, 0.29) is 0 Å². The van der Waals surface area contributed by atoms with Gasteiger partial charge in [0.2, 0.25) is 0 Å². The fourth-order valence-electron chi connectivity index (χ4n) is 1.51. The molecule has 0 N–H and O–H groups in total. The van der Waals surface area contributed by atoms with Gasteiger partial charge in [0.25, 0.3) is 0 Å². The summed E-state index contributed by atoms with van der Waals surface area (Å²) in [6.45, 7) is 4.33. The summed E-state index contributed by atoms with van der Waals surface area (Å²) in [5.41, 5.74) is 3.19. The molecule has 14 heavy (non-hydrogen) atoms. The van der Waals surface area contributed by atoms with Crippen LogP contribution in [0.25, 0.3) is 11.0 Å². The van der Waals surface area contributed by atoms with E-state index in [1.807, 2.05) is 6.07 Å². The van der Waals surface area contributed by atoms with Gasteiger partial charge in [-0.3, -0.25) is 9.97 Å². The van der Waals surface area contributed by atoms with Crippen molar-refractivity contribution in [1.29, 1.82) is 0 Å². The number of hydrogen-bond acceptors (Lipinski definition) is 2. The predicted molar refractivity (Wildman–Crippen MR) is 61.3 cm³/mol. The van der Waals surface area contributed by atoms with E-state index in [9.17, 15) is 0 Å². The van der Waals surface area contributed by atoms with Crippen LogP contribution in [0, 0.1) is 0 Å². The highest BCUT2D eigenvalue weighted by atomic mass is 79.9. The first-order chi connectivity index (χ1) is 6.70. The molecule has 0 aliphatic rings. The van der Waals surface area contributed by atoms with E-state index in [1.54, 1.807) is 12.4 Å². The molecule has 0 radical (unpaired) electrons. The first-order valence-electron chi connectivity index (χ1n) is 4.59. The second kappa shape index (κ2) is 3.65. The fraction of sp³-hybridized carbons (Fsp3) is 0.273. The van der Waals surface area contributed by atoms with Crippen molar-refractivity contribution in [3.8, 4) is 0 Å². The van der Waals surface area contributed by atoms with Crippen molar-refractivity contribution in [3.63, 3.8) is 0 Å². The van der Waals surface area contributed by atoms with Crippen LogP contribution in [0.5, 0.6) is 0 Å². The second-order valence-electron chi connectivity index (χ2n) is 3.54. The molecule has 2 rings (SSSR count). The molecule has 72 valence electrons. The van der Waals surface area contributed by atoms with E-state index in [0.717, 1.165) is 15.5 Å². The zero-order chi connectivity index (χ0) is 10.1. The van der Waals surface area contributed by atoms with Crippen LogP contribution in [0.15, 0.2) is 29.0 Å². The zero-order valence-electron chi connectivity index (χ0n) is 8.16. The SMILES string of the molecule is CC(C)c1ccc(Br)c2nccnc12. The number of nitrogens with zero attached hydrogens (tertiary/aromatic N) is 2. The lowest BCUT2D eigenvalue weighted by Crippen LogP contribution is -1.93. The largest absolute Gasteiger partial charge is 0.253 e. The molecule has 0 unspecified atom stereocenters. The molecule has 0 bridgehead atoms. The van der Waals surface area contributed by atoms with Crippen molar-refractivity contribution in [2.45, 2.75) is 19.8 Å². The predicted octanol–water partition coefficient (Wildman–Crippen LogP) is 3.52. The molecule has 1 heterocycles. The van der Waals surface area contributed by atoms with Gasteiger partial charge in [0.1, 0.15) is 5.52 Å². The number of rotatable bonds is 1. The lowest BCUT2D eigenvalue weighted by atomic mass is 10.0. The number of fused-ring (bicyclic) bond motifs is 1. The summed E-state index contributed by atoms with van der Waals surface area (Å²) in [6.07, 6.45) is 3.46. The van der Waals surface area contributed by atoms with Crippen molar-refractivity contribution in [2.75, 3.05) is 0 Å². The van der Waals surface area contributed by atoms with Gasteiger partial charge in [0.15, 0.2) is 0 Å². The van der Waals surface area contributed by atoms with Crippen LogP contribution in [0.2, 0.25) is 0 Å². The Morgan fingerprint density at radius 2 is 1.71 bits per heavy atom. The van der Waals surface area contributed by atoms with E-state index in [2.05, 4.69) is 45.8 Å². The van der Waals surface area contributed by atoms with E-state index in [4.69, 9.17) is 0 Å². The van der Waals surface area contributed by atoms with Crippen LogP contribution >= 0.6 is 15.9 Å². The van der Waals surface area contributed by atoms with Crippen molar-refractivity contribution < 1.29 is 0 Å². The summed E-state index contributed by atoms with van der Waals surface area (Å²) >= 11 is 3.48. The highest BCUT2D eigenvalue weighted by Crippen LogP contribution is 2.27. The van der Waals surface area contributed by atoms with Gasteiger partial charge in [-0.25, -0.2) is 0 Å². The highest BCUT2D eigenvalue weighted by molar-refractivity contribution is 9.10. The highest BCUT2D eigenvalue weighted by Gasteiger charge is 2.08. The Kier molecular flexibility index (Phi) is 2.50. The molecule has 0 saturated carbocycles. The van der Waals surface area contributed by atoms with Crippen molar-refractivity contribution in [3.05, 3.63) is 34.6 Å². The summed E-state index contributed by atoms with van der Waals surface area (Å²) < 4.78 is 1.00. The molecule has 0 amide bonds. The topological polar surface area (TPSA) is 25.8 Å². The lowest BCUT2D eigenvalue weighted by Gasteiger charge is -2.08. The Morgan fingerprint density at radius 3 is 2.36 bits per heavy atom. The third-order valence-corrected chi connectivity index (χ3v) is 2.87. The Labute approximate surface area is 91.5 Å². The molecule has 0 saturated heterocycles. The Balaban J connectivity index is 2.82. The van der Waals surface area contributed by atoms with Crippen LogP contribution in [0.1, 0.15) is 25.3 Å². The van der Waals surface area contributed by atoms with Crippen LogP contribution in [0.3, 0.4) is 0 Å². The van der Waals surface area contributed by atoms with E-state index in [0.29, 0.717) is 5.92 Å². The molecule has 3 heteroatoms. The first-order valence-corrected chi connectivity index (χ1v) is 5.38. The number of benzene rings is 1. The van der Waals surface area contributed by atoms with Gasteiger partial charge < -0.3 is 0 Å². The Morgan fingerprint density at radius 1 is 1.07 bits per heavy atom. The van der Waals surface area contributed by atoms with Gasteiger partial charge in [-0.1, -0.05) is 19.9 Å². The molecule has 0 spiro atoms. The van der Waals surface area contributed by atoms with E-state index < -0.39 is 0 Å². The first kappa shape index (κ1) is 9.59. The minimum atomic E-state index is 0.474. The van der Waals surface area contributed by atoms with Crippen LogP contribution in [-0.2, 0) is 0 Å². The normalized spacial score (nSPS) is 11.1. The minimum Gasteiger partial charge on any atom is -0.253 e. The monoisotopic (exact) mass is 250 g/mol. The third-order valence-electron chi connectivity index (χ3n) is 2.23. The molecular formula is C11H11BrN2. The smallest absolute Gasteiger partial charge is 0.103 e. The zero-order valence-corrected chi connectivity index (χ0v) is 9.75. The summed E-state index contributed by atoms with van der Waals surface area (Å²) in [5, 5.41) is 0. The lowest BCUT2D eigenvalue weighted by molar-refractivity contribution is 0.871. The van der Waals surface area contributed by atoms with Gasteiger partial charge in [-0.15, -0.1) is 0 Å². The Hall–Kier alpha value is -0.960. The van der Waals surface area contributed by atoms with Crippen molar-refractivity contribution in [1.82, 2.24) is 9.97 Å². The maximum Gasteiger partial charge on any atom is 0.103 e. The summed E-state index contributed by atoms with van der Waals surface area (Å²) in [7, 11) is 0. The van der Waals surface area contributed by atoms with Gasteiger partial charge in [0, 0.05) is 16.9 Å². The number of aromatic nitrogens is 2. The fourth-order valence-corrected chi connectivity index (χ4v) is 1.93. The summed E-state index contributed by atoms with van der Waals surface area (Å²) in [4.78, 5) is 8.69. The summed E-state index contributed by atoms with van der Waals surface area (Å²) in [6, 6.07) is 4.14. The molecule has 0 aliphatic heterocycles. The molecule has 0 fully saturated rings. The van der Waals surface area contributed by atoms with Gasteiger partial charge in [-0.2, -0.15) is 0 Å². The van der Waals surface area contributed by atoms with Gasteiger partial charge in [-0.05, 0) is 33.5 Å². The molecule has 2 aromatic rings. The second-order valence-corrected chi connectivity index (χ2v) is 4.40. The van der Waals surface area contributed by atoms with E-state index >= 15 is 0 Å². The third kappa shape index (κ3) is 1.52. The molecule has 2 nitrogen and oxygen atoms in total. The van der Waals surface area contributed by atoms with Gasteiger partial charge >= 0.3 is 0 Å². The number of halogens is 1. The van der Waals surface area contributed by atoms with Gasteiger partial charge in [0.05, 0.1) is 5.52 Å². The van der Waals surface area contributed by atoms with Crippen LogP contribution < -0.4 is 0 Å². The van der Waals surface area contributed by atoms with E-state index in [1.165, 1.54) is 5.56 Å². The molecule has 0 aliphatic carbocycles. The molecule has 1 aromatic heterocycles. The van der Waals surface area contributed by atoms with Crippen LogP contribution in [-0.4, -0.2) is 9.97 Å². The molecule has 0 atom stereocenters. The Bertz CT molecular complexity index is 466. The minimum absolute atomic E-state index is 0.474. The van der Waals surface area contributed by atoms with Crippen molar-refractivity contribution in [2.24, 2.45) is 0 Å². The summed E-state index contributed by atoms with van der Waals surface area (Å²) in [5.74, 6) is 0.474. The maximum absolute atomic E-state index is 4.37. The standard InChI is InChI=1S/C11H11BrN2/c1-7(2)8-3-4-9(12)11-10(8)13-5-6-14-11/h3-7H,1-2H3. The van der Waals surface area contributed by atoms with Crippen molar-refractivity contribution >= 4 is 27.0 Å². The number of hydrogen-bond donors (Lipinski definition) is 0. The average Bonchev–Trinajstić information content (AvgIpc) is 2.18.